The fourth-order valence-electron chi connectivity index (χ4n) is 0.856. The highest BCUT2D eigenvalue weighted by Gasteiger charge is 2.46. The van der Waals surface area contributed by atoms with Gasteiger partial charge in [0, 0.05) is 10.6 Å². The molecule has 0 radical (unpaired) electrons. The molecule has 0 saturated heterocycles. The van der Waals surface area contributed by atoms with E-state index in [2.05, 4.69) is 0 Å². The van der Waals surface area contributed by atoms with Gasteiger partial charge in [0.15, 0.2) is 0 Å². The zero-order valence-corrected chi connectivity index (χ0v) is 8.69. The lowest BCUT2D eigenvalue weighted by Gasteiger charge is -2.15. The molecule has 0 bridgehead atoms. The van der Waals surface area contributed by atoms with Crippen LogP contribution in [-0.2, 0) is 15.3 Å². The van der Waals surface area contributed by atoms with Gasteiger partial charge in [-0.2, -0.15) is 8.78 Å². The molecule has 0 aliphatic carbocycles. The molecule has 0 aliphatic heterocycles. The van der Waals surface area contributed by atoms with Crippen molar-refractivity contribution in [2.45, 2.75) is 5.25 Å². The Morgan fingerprint density at radius 3 is 2.13 bits per heavy atom. The third-order valence-electron chi connectivity index (χ3n) is 1.64. The molecule has 1 aromatic carbocycles. The van der Waals surface area contributed by atoms with E-state index in [1.165, 1.54) is 0 Å². The standard InChI is InChI=1S/C7H6ClF2NO3S/c8-6-3-1-5(2-4-6)7(9,10)15(13,14)11-12/h1-4,11-12H. The van der Waals surface area contributed by atoms with Crippen molar-refractivity contribution in [1.29, 1.82) is 0 Å². The van der Waals surface area contributed by atoms with Crippen LogP contribution in [0.15, 0.2) is 24.3 Å². The van der Waals surface area contributed by atoms with Crippen molar-refractivity contribution >= 4 is 21.6 Å². The van der Waals surface area contributed by atoms with E-state index in [1.807, 2.05) is 0 Å². The molecule has 0 heterocycles. The molecule has 0 amide bonds. The van der Waals surface area contributed by atoms with Crippen molar-refractivity contribution in [3.8, 4) is 0 Å². The fourth-order valence-corrected chi connectivity index (χ4v) is 1.54. The van der Waals surface area contributed by atoms with Crippen LogP contribution in [0, 0.1) is 0 Å². The van der Waals surface area contributed by atoms with E-state index in [9.17, 15) is 17.2 Å². The number of nitrogens with one attached hydrogen (secondary N) is 1. The summed E-state index contributed by atoms with van der Waals surface area (Å²) in [6.45, 7) is 0. The molecule has 0 fully saturated rings. The predicted octanol–water partition coefficient (Wildman–Crippen LogP) is 1.70. The topological polar surface area (TPSA) is 66.4 Å². The minimum Gasteiger partial charge on any atom is -0.302 e. The van der Waals surface area contributed by atoms with Crippen LogP contribution in [0.1, 0.15) is 5.56 Å². The molecule has 0 aliphatic rings. The summed E-state index contributed by atoms with van der Waals surface area (Å²) in [4.78, 5) is 0.584. The molecule has 15 heavy (non-hydrogen) atoms. The lowest BCUT2D eigenvalue weighted by molar-refractivity contribution is 0.0794. The summed E-state index contributed by atoms with van der Waals surface area (Å²) in [5.41, 5.74) is -0.784. The van der Waals surface area contributed by atoms with Gasteiger partial charge in [0.05, 0.1) is 0 Å². The number of benzene rings is 1. The first-order chi connectivity index (χ1) is 6.81. The SMILES string of the molecule is O=S(=O)(NO)C(F)(F)c1ccc(Cl)cc1. The van der Waals surface area contributed by atoms with Crippen molar-refractivity contribution < 1.29 is 22.4 Å². The Labute approximate surface area is 89.5 Å². The smallest absolute Gasteiger partial charge is 0.302 e. The number of sulfonamides is 1. The molecule has 2 N–H and O–H groups in total. The molecule has 0 saturated carbocycles. The van der Waals surface area contributed by atoms with Crippen LogP contribution in [0.4, 0.5) is 8.78 Å². The lowest BCUT2D eigenvalue weighted by atomic mass is 10.2. The zero-order chi connectivity index (χ0) is 11.7. The number of alkyl halides is 2. The highest BCUT2D eigenvalue weighted by molar-refractivity contribution is 7.89. The molecule has 0 aromatic heterocycles. The fraction of sp³-hybridized carbons (Fsp3) is 0.143. The number of hydrogen-bond donors (Lipinski definition) is 2. The Morgan fingerprint density at radius 2 is 1.73 bits per heavy atom. The molecule has 0 atom stereocenters. The zero-order valence-electron chi connectivity index (χ0n) is 7.12. The second kappa shape index (κ2) is 4.01. The van der Waals surface area contributed by atoms with Crippen molar-refractivity contribution in [2.75, 3.05) is 0 Å². The van der Waals surface area contributed by atoms with E-state index in [0.717, 1.165) is 24.3 Å². The van der Waals surface area contributed by atoms with E-state index in [-0.39, 0.29) is 5.02 Å². The van der Waals surface area contributed by atoms with Gasteiger partial charge in [0.2, 0.25) is 0 Å². The molecule has 0 unspecified atom stereocenters. The Hall–Kier alpha value is -0.760. The Kier molecular flexibility index (Phi) is 3.29. The van der Waals surface area contributed by atoms with Crippen molar-refractivity contribution in [1.82, 2.24) is 4.89 Å². The van der Waals surface area contributed by atoms with Gasteiger partial charge in [0.1, 0.15) is 0 Å². The van der Waals surface area contributed by atoms with Gasteiger partial charge >= 0.3 is 15.3 Å². The van der Waals surface area contributed by atoms with Gasteiger partial charge in [-0.05, 0) is 12.1 Å². The minimum atomic E-state index is -5.13. The van der Waals surface area contributed by atoms with Crippen LogP contribution < -0.4 is 4.89 Å². The second-order valence-electron chi connectivity index (χ2n) is 2.62. The molecule has 1 aromatic rings. The van der Waals surface area contributed by atoms with E-state index in [4.69, 9.17) is 16.8 Å². The predicted molar refractivity (Wildman–Crippen MR) is 49.2 cm³/mol. The molecular formula is C7H6ClF2NO3S. The van der Waals surface area contributed by atoms with Crippen LogP contribution in [0.3, 0.4) is 0 Å². The van der Waals surface area contributed by atoms with Gasteiger partial charge < -0.3 is 5.21 Å². The number of hydrogen-bond acceptors (Lipinski definition) is 3. The molecule has 8 heteroatoms. The van der Waals surface area contributed by atoms with Crippen LogP contribution in [0.2, 0.25) is 5.02 Å². The van der Waals surface area contributed by atoms with Crippen molar-refractivity contribution in [2.24, 2.45) is 0 Å². The maximum absolute atomic E-state index is 13.2. The van der Waals surface area contributed by atoms with Gasteiger partial charge in [-0.15, -0.1) is 0 Å². The van der Waals surface area contributed by atoms with Crippen LogP contribution in [0.25, 0.3) is 0 Å². The average molecular weight is 258 g/mol. The minimum absolute atomic E-state index is 0.198. The molecular weight excluding hydrogens is 252 g/mol. The largest absolute Gasteiger partial charge is 0.386 e. The molecule has 4 nitrogen and oxygen atoms in total. The van der Waals surface area contributed by atoms with E-state index in [1.54, 1.807) is 0 Å². The molecule has 0 spiro atoms. The number of halogens is 3. The van der Waals surface area contributed by atoms with Crippen LogP contribution in [0.5, 0.6) is 0 Å². The van der Waals surface area contributed by atoms with E-state index < -0.39 is 20.8 Å². The Balaban J connectivity index is 3.23. The summed E-state index contributed by atoms with van der Waals surface area (Å²) < 4.78 is 47.9. The van der Waals surface area contributed by atoms with Gasteiger partial charge in [-0.1, -0.05) is 28.6 Å². The first-order valence-corrected chi connectivity index (χ1v) is 5.46. The molecule has 84 valence electrons. The first kappa shape index (κ1) is 12.3. The van der Waals surface area contributed by atoms with E-state index >= 15 is 0 Å². The molecule has 1 rings (SSSR count). The Bertz CT molecular complexity index is 446. The van der Waals surface area contributed by atoms with Gasteiger partial charge in [-0.3, -0.25) is 0 Å². The summed E-state index contributed by atoms with van der Waals surface area (Å²) >= 11 is 5.45. The van der Waals surface area contributed by atoms with Gasteiger partial charge in [-0.25, -0.2) is 8.42 Å². The van der Waals surface area contributed by atoms with Crippen LogP contribution in [-0.4, -0.2) is 13.6 Å². The summed E-state index contributed by atoms with van der Waals surface area (Å²) in [6, 6.07) is 3.96. The summed E-state index contributed by atoms with van der Waals surface area (Å²) in [6.07, 6.45) is 0. The monoisotopic (exact) mass is 257 g/mol. The highest BCUT2D eigenvalue weighted by Crippen LogP contribution is 2.33. The summed E-state index contributed by atoms with van der Waals surface area (Å²) in [5.74, 6) is 0. The normalized spacial score (nSPS) is 12.8. The second-order valence-corrected chi connectivity index (χ2v) is 4.76. The van der Waals surface area contributed by atoms with Crippen molar-refractivity contribution in [3.05, 3.63) is 34.9 Å². The Morgan fingerprint density at radius 1 is 1.27 bits per heavy atom. The lowest BCUT2D eigenvalue weighted by Crippen LogP contribution is -2.35. The average Bonchev–Trinajstić information content (AvgIpc) is 2.18. The van der Waals surface area contributed by atoms with Crippen LogP contribution >= 0.6 is 11.6 Å². The summed E-state index contributed by atoms with van der Waals surface area (Å²) in [5, 5.41) is 4.08. The number of rotatable bonds is 3. The maximum Gasteiger partial charge on any atom is 0.386 e. The highest BCUT2D eigenvalue weighted by atomic mass is 35.5. The quantitative estimate of drug-likeness (QED) is 0.810. The van der Waals surface area contributed by atoms with E-state index in [0.29, 0.717) is 4.89 Å². The first-order valence-electron chi connectivity index (χ1n) is 3.60. The van der Waals surface area contributed by atoms with Crippen molar-refractivity contribution in [3.63, 3.8) is 0 Å². The maximum atomic E-state index is 13.2. The van der Waals surface area contributed by atoms with Gasteiger partial charge in [0.25, 0.3) is 0 Å². The summed E-state index contributed by atoms with van der Waals surface area (Å²) in [7, 11) is -5.13. The third-order valence-corrected chi connectivity index (χ3v) is 3.04. The third kappa shape index (κ3) is 2.25.